The summed E-state index contributed by atoms with van der Waals surface area (Å²) in [6.45, 7) is -0.695. The fourth-order valence-corrected chi connectivity index (χ4v) is 3.29. The van der Waals surface area contributed by atoms with Gasteiger partial charge in [-0.15, -0.1) is 0 Å². The average Bonchev–Trinajstić information content (AvgIpc) is 3.33. The smallest absolute Gasteiger partial charge is 0.255 e. The molecule has 1 fully saturated rings. The number of carbonyl (C=O) groups excluding carboxylic acids is 1. The Hall–Kier alpha value is -3.36. The lowest BCUT2D eigenvalue weighted by Gasteiger charge is -2.05. The molecular formula is C19H16F2N6O. The van der Waals surface area contributed by atoms with Crippen LogP contribution in [-0.4, -0.2) is 43.4 Å². The summed E-state index contributed by atoms with van der Waals surface area (Å²) < 4.78 is 26.3. The summed E-state index contributed by atoms with van der Waals surface area (Å²) in [5.41, 5.74) is 3.31. The number of hydrogen-bond donors (Lipinski definition) is 2. The number of aromatic nitrogens is 5. The Bertz CT molecular complexity index is 1190. The quantitative estimate of drug-likeness (QED) is 0.555. The first-order chi connectivity index (χ1) is 13.6. The van der Waals surface area contributed by atoms with Crippen molar-refractivity contribution in [3.8, 4) is 11.1 Å². The number of hydrogen-bond acceptors (Lipinski definition) is 4. The third kappa shape index (κ3) is 2.88. The van der Waals surface area contributed by atoms with Gasteiger partial charge in [-0.2, -0.15) is 5.10 Å². The Balaban J connectivity index is 1.53. The number of H-pyrrole nitrogens is 1. The molecule has 0 aromatic carbocycles. The zero-order valence-electron chi connectivity index (χ0n) is 14.7. The predicted molar refractivity (Wildman–Crippen MR) is 98.4 cm³/mol. The van der Waals surface area contributed by atoms with Gasteiger partial charge in [-0.3, -0.25) is 4.79 Å². The van der Waals surface area contributed by atoms with Crippen molar-refractivity contribution in [2.75, 3.05) is 6.54 Å². The van der Waals surface area contributed by atoms with E-state index in [9.17, 15) is 13.6 Å². The van der Waals surface area contributed by atoms with Gasteiger partial charge in [0.1, 0.15) is 11.5 Å². The Labute approximate surface area is 157 Å². The second-order valence-corrected chi connectivity index (χ2v) is 6.87. The van der Waals surface area contributed by atoms with Crippen LogP contribution in [0.4, 0.5) is 8.78 Å². The summed E-state index contributed by atoms with van der Waals surface area (Å²) >= 11 is 0. The molecule has 4 aromatic rings. The van der Waals surface area contributed by atoms with E-state index in [1.54, 1.807) is 6.20 Å². The van der Waals surface area contributed by atoms with Crippen molar-refractivity contribution in [2.24, 2.45) is 0 Å². The molecule has 1 aliphatic carbocycles. The van der Waals surface area contributed by atoms with Crippen molar-refractivity contribution >= 4 is 22.5 Å². The van der Waals surface area contributed by atoms with Crippen LogP contribution < -0.4 is 5.32 Å². The van der Waals surface area contributed by atoms with Gasteiger partial charge in [0.2, 0.25) is 0 Å². The molecule has 1 aliphatic rings. The van der Waals surface area contributed by atoms with Gasteiger partial charge >= 0.3 is 0 Å². The number of alkyl halides is 2. The van der Waals surface area contributed by atoms with Crippen LogP contribution in [0.15, 0.2) is 36.9 Å². The van der Waals surface area contributed by atoms with E-state index in [2.05, 4.69) is 25.4 Å². The lowest BCUT2D eigenvalue weighted by molar-refractivity contribution is 0.0893. The lowest BCUT2D eigenvalue weighted by Crippen LogP contribution is -2.28. The molecule has 0 unspecified atom stereocenters. The zero-order chi connectivity index (χ0) is 19.3. The number of rotatable bonds is 5. The molecule has 2 N–H and O–H groups in total. The van der Waals surface area contributed by atoms with Gasteiger partial charge in [0.05, 0.1) is 23.8 Å². The van der Waals surface area contributed by atoms with Crippen LogP contribution in [0.2, 0.25) is 0 Å². The molecule has 7 nitrogen and oxygen atoms in total. The number of halogens is 2. The summed E-state index contributed by atoms with van der Waals surface area (Å²) in [4.78, 5) is 24.5. The van der Waals surface area contributed by atoms with Crippen molar-refractivity contribution in [1.82, 2.24) is 29.9 Å². The highest BCUT2D eigenvalue weighted by Gasteiger charge is 2.27. The average molecular weight is 382 g/mol. The number of amides is 1. The minimum Gasteiger partial charge on any atom is -0.346 e. The first-order valence-corrected chi connectivity index (χ1v) is 8.98. The van der Waals surface area contributed by atoms with E-state index in [0.717, 1.165) is 40.8 Å². The topological polar surface area (TPSA) is 88.0 Å². The van der Waals surface area contributed by atoms with Gasteiger partial charge in [0.25, 0.3) is 12.3 Å². The van der Waals surface area contributed by atoms with Crippen molar-refractivity contribution in [3.63, 3.8) is 0 Å². The maximum atomic E-state index is 12.4. The summed E-state index contributed by atoms with van der Waals surface area (Å²) in [6, 6.07) is 3.68. The van der Waals surface area contributed by atoms with Gasteiger partial charge in [-0.1, -0.05) is 0 Å². The monoisotopic (exact) mass is 382 g/mol. The second-order valence-electron chi connectivity index (χ2n) is 6.87. The largest absolute Gasteiger partial charge is 0.346 e. The van der Waals surface area contributed by atoms with Gasteiger partial charge < -0.3 is 10.3 Å². The summed E-state index contributed by atoms with van der Waals surface area (Å²) in [6.07, 6.45) is 6.44. The number of carbonyl (C=O) groups is 1. The van der Waals surface area contributed by atoms with Gasteiger partial charge in [0, 0.05) is 35.5 Å². The minimum absolute atomic E-state index is 0.245. The zero-order valence-corrected chi connectivity index (χ0v) is 14.7. The maximum absolute atomic E-state index is 12.4. The highest BCUT2D eigenvalue weighted by atomic mass is 19.3. The molecule has 0 atom stereocenters. The van der Waals surface area contributed by atoms with Crippen LogP contribution in [-0.2, 0) is 0 Å². The number of nitrogens with one attached hydrogen (secondary N) is 2. The summed E-state index contributed by atoms with van der Waals surface area (Å²) in [5, 5.41) is 7.23. The molecule has 0 spiro atoms. The Morgan fingerprint density at radius 3 is 3.00 bits per heavy atom. The van der Waals surface area contributed by atoms with E-state index in [4.69, 9.17) is 0 Å². The first-order valence-electron chi connectivity index (χ1n) is 8.98. The minimum atomic E-state index is -2.60. The SMILES string of the molecule is O=C(NCC(F)F)c1cnn2ccc(-c3c[nH]c4nc(C5CC5)ncc34)cc12. The lowest BCUT2D eigenvalue weighted by atomic mass is 10.1. The molecular weight excluding hydrogens is 366 g/mol. The number of nitrogens with zero attached hydrogens (tertiary/aromatic N) is 4. The fourth-order valence-electron chi connectivity index (χ4n) is 3.29. The molecule has 0 bridgehead atoms. The second kappa shape index (κ2) is 6.36. The molecule has 0 aliphatic heterocycles. The van der Waals surface area contributed by atoms with E-state index < -0.39 is 18.9 Å². The van der Waals surface area contributed by atoms with Gasteiger partial charge in [-0.05, 0) is 30.5 Å². The number of fused-ring (bicyclic) bond motifs is 2. The van der Waals surface area contributed by atoms with E-state index >= 15 is 0 Å². The normalized spacial score (nSPS) is 14.2. The third-order valence-corrected chi connectivity index (χ3v) is 4.89. The first kappa shape index (κ1) is 16.8. The number of pyridine rings is 1. The number of aromatic amines is 1. The Morgan fingerprint density at radius 2 is 2.21 bits per heavy atom. The van der Waals surface area contributed by atoms with Crippen LogP contribution in [0.1, 0.15) is 34.9 Å². The van der Waals surface area contributed by atoms with Crippen LogP contribution in [0, 0.1) is 0 Å². The molecule has 28 heavy (non-hydrogen) atoms. The fraction of sp³-hybridized carbons (Fsp3) is 0.263. The molecule has 1 amide bonds. The van der Waals surface area contributed by atoms with Crippen LogP contribution in [0.25, 0.3) is 27.7 Å². The molecule has 9 heteroatoms. The third-order valence-electron chi connectivity index (χ3n) is 4.89. The Morgan fingerprint density at radius 1 is 1.36 bits per heavy atom. The molecule has 1 saturated carbocycles. The molecule has 0 radical (unpaired) electrons. The van der Waals surface area contributed by atoms with Crippen molar-refractivity contribution in [2.45, 2.75) is 25.2 Å². The van der Waals surface area contributed by atoms with E-state index in [1.165, 1.54) is 10.7 Å². The highest BCUT2D eigenvalue weighted by Crippen LogP contribution is 2.39. The van der Waals surface area contributed by atoms with Crippen molar-refractivity contribution < 1.29 is 13.6 Å². The van der Waals surface area contributed by atoms with Crippen molar-refractivity contribution in [3.05, 3.63) is 48.3 Å². The molecule has 142 valence electrons. The van der Waals surface area contributed by atoms with Gasteiger partial charge in [-0.25, -0.2) is 23.3 Å². The van der Waals surface area contributed by atoms with Crippen LogP contribution >= 0.6 is 0 Å². The van der Waals surface area contributed by atoms with Crippen molar-refractivity contribution in [1.29, 1.82) is 0 Å². The maximum Gasteiger partial charge on any atom is 0.255 e. The summed E-state index contributed by atoms with van der Waals surface area (Å²) in [7, 11) is 0. The van der Waals surface area contributed by atoms with E-state index in [-0.39, 0.29) is 5.56 Å². The van der Waals surface area contributed by atoms with E-state index in [1.807, 2.05) is 24.5 Å². The van der Waals surface area contributed by atoms with Crippen LogP contribution in [0.5, 0.6) is 0 Å². The molecule has 0 saturated heterocycles. The molecule has 5 rings (SSSR count). The Kier molecular flexibility index (Phi) is 3.81. The van der Waals surface area contributed by atoms with Crippen LogP contribution in [0.3, 0.4) is 0 Å². The molecule has 4 heterocycles. The standard InChI is InChI=1S/C19H16F2N6O/c20-16(21)9-24-19(28)14-8-25-27-4-3-11(5-15(14)27)12-6-23-18-13(12)7-22-17(26-18)10-1-2-10/h3-8,10,16H,1-2,9H2,(H,24,28)(H,22,23,26). The van der Waals surface area contributed by atoms with Gasteiger partial charge in [0.15, 0.2) is 0 Å². The molecule has 4 aromatic heterocycles. The summed E-state index contributed by atoms with van der Waals surface area (Å²) in [5.74, 6) is 0.752. The predicted octanol–water partition coefficient (Wildman–Crippen LogP) is 3.14. The van der Waals surface area contributed by atoms with E-state index in [0.29, 0.717) is 11.4 Å². The highest BCUT2D eigenvalue weighted by molar-refractivity contribution is 6.02.